The maximum atomic E-state index is 12.9. The normalized spacial score (nSPS) is 31.4. The van der Waals surface area contributed by atoms with Crippen LogP contribution in [0.2, 0.25) is 0 Å². The Hall–Kier alpha value is -2.15. The number of anilines is 1. The fourth-order valence-electron chi connectivity index (χ4n) is 4.97. The highest BCUT2D eigenvalue weighted by Crippen LogP contribution is 2.48. The standard InChI is InChI=1S/C18H24N4O3/c19-17-13-6-5-12(11-13)16(17)18(23)21-9-7-20(8-10-21)14-3-1-2-4-15(14)22(24)25/h1-4,12-13,16-17H,5-11,19H2. The van der Waals surface area contributed by atoms with Gasteiger partial charge >= 0.3 is 0 Å². The van der Waals surface area contributed by atoms with Crippen molar-refractivity contribution in [3.05, 3.63) is 34.4 Å². The largest absolute Gasteiger partial charge is 0.362 e. The number of hydrogen-bond donors (Lipinski definition) is 1. The van der Waals surface area contributed by atoms with Gasteiger partial charge in [-0.05, 0) is 37.2 Å². The Labute approximate surface area is 146 Å². The number of carbonyl (C=O) groups excluding carboxylic acids is 1. The summed E-state index contributed by atoms with van der Waals surface area (Å²) in [5, 5.41) is 11.2. The molecule has 1 amide bonds. The maximum Gasteiger partial charge on any atom is 0.292 e. The summed E-state index contributed by atoms with van der Waals surface area (Å²) in [5.74, 6) is 1.16. The van der Waals surface area contributed by atoms with Gasteiger partial charge in [-0.2, -0.15) is 0 Å². The number of carbonyl (C=O) groups is 1. The van der Waals surface area contributed by atoms with Gasteiger partial charge in [0.25, 0.3) is 5.69 Å². The van der Waals surface area contributed by atoms with Gasteiger partial charge in [0.1, 0.15) is 5.69 Å². The zero-order valence-corrected chi connectivity index (χ0v) is 14.2. The number of rotatable bonds is 3. The van der Waals surface area contributed by atoms with Gasteiger partial charge in [-0.15, -0.1) is 0 Å². The smallest absolute Gasteiger partial charge is 0.292 e. The molecule has 2 N–H and O–H groups in total. The average molecular weight is 344 g/mol. The van der Waals surface area contributed by atoms with Crippen molar-refractivity contribution < 1.29 is 9.72 Å². The fraction of sp³-hybridized carbons (Fsp3) is 0.611. The molecule has 134 valence electrons. The van der Waals surface area contributed by atoms with Crippen LogP contribution < -0.4 is 10.6 Å². The predicted octanol–water partition coefficient (Wildman–Crippen LogP) is 1.62. The molecule has 1 saturated heterocycles. The maximum absolute atomic E-state index is 12.9. The molecule has 0 aromatic heterocycles. The minimum Gasteiger partial charge on any atom is -0.362 e. The predicted molar refractivity (Wildman–Crippen MR) is 94.2 cm³/mol. The molecule has 1 aromatic rings. The number of nitrogens with zero attached hydrogens (tertiary/aromatic N) is 3. The molecule has 2 saturated carbocycles. The number of amides is 1. The molecule has 2 aliphatic carbocycles. The number of para-hydroxylation sites is 2. The van der Waals surface area contributed by atoms with Crippen molar-refractivity contribution in [3.63, 3.8) is 0 Å². The third-order valence-electron chi connectivity index (χ3n) is 6.28. The van der Waals surface area contributed by atoms with Crippen molar-refractivity contribution in [2.75, 3.05) is 31.1 Å². The Bertz CT molecular complexity index is 685. The highest BCUT2D eigenvalue weighted by molar-refractivity contribution is 5.81. The van der Waals surface area contributed by atoms with Crippen LogP contribution in [0.4, 0.5) is 11.4 Å². The Kier molecular flexibility index (Phi) is 4.11. The van der Waals surface area contributed by atoms with Gasteiger partial charge in [0.05, 0.1) is 10.8 Å². The number of nitrogens with two attached hydrogens (primary N) is 1. The van der Waals surface area contributed by atoms with Gasteiger partial charge in [-0.3, -0.25) is 14.9 Å². The SMILES string of the molecule is NC1C2CCC(C2)C1C(=O)N1CCN(c2ccccc2[N+](=O)[O-])CC1. The van der Waals surface area contributed by atoms with Gasteiger partial charge in [-0.25, -0.2) is 0 Å². The van der Waals surface area contributed by atoms with Crippen LogP contribution in [0.1, 0.15) is 19.3 Å². The molecule has 3 aliphatic rings. The topological polar surface area (TPSA) is 92.7 Å². The summed E-state index contributed by atoms with van der Waals surface area (Å²) in [6.07, 6.45) is 3.40. The summed E-state index contributed by atoms with van der Waals surface area (Å²) in [7, 11) is 0. The third-order valence-corrected chi connectivity index (χ3v) is 6.28. The minimum atomic E-state index is -0.346. The zero-order chi connectivity index (χ0) is 17.6. The van der Waals surface area contributed by atoms with E-state index in [4.69, 9.17) is 5.73 Å². The first-order valence-corrected chi connectivity index (χ1v) is 9.09. The Morgan fingerprint density at radius 3 is 2.44 bits per heavy atom. The van der Waals surface area contributed by atoms with Crippen LogP contribution in [0.25, 0.3) is 0 Å². The van der Waals surface area contributed by atoms with Gasteiger partial charge < -0.3 is 15.5 Å². The van der Waals surface area contributed by atoms with Gasteiger partial charge in [0.2, 0.25) is 5.91 Å². The first-order chi connectivity index (χ1) is 12.1. The van der Waals surface area contributed by atoms with E-state index in [0.29, 0.717) is 43.7 Å². The van der Waals surface area contributed by atoms with E-state index in [9.17, 15) is 14.9 Å². The van der Waals surface area contributed by atoms with Crippen LogP contribution in [-0.4, -0.2) is 48.0 Å². The number of benzene rings is 1. The lowest BCUT2D eigenvalue weighted by Gasteiger charge is -2.39. The van der Waals surface area contributed by atoms with Crippen molar-refractivity contribution in [2.24, 2.45) is 23.5 Å². The van der Waals surface area contributed by atoms with Crippen LogP contribution >= 0.6 is 0 Å². The van der Waals surface area contributed by atoms with Crippen molar-refractivity contribution in [3.8, 4) is 0 Å². The minimum absolute atomic E-state index is 0.0134. The van der Waals surface area contributed by atoms with E-state index in [1.807, 2.05) is 15.9 Å². The van der Waals surface area contributed by atoms with E-state index in [2.05, 4.69) is 0 Å². The summed E-state index contributed by atoms with van der Waals surface area (Å²) in [6, 6.07) is 6.81. The highest BCUT2D eigenvalue weighted by atomic mass is 16.6. The molecule has 1 aromatic carbocycles. The number of hydrogen-bond acceptors (Lipinski definition) is 5. The second-order valence-corrected chi connectivity index (χ2v) is 7.49. The van der Waals surface area contributed by atoms with Crippen LogP contribution in [-0.2, 0) is 4.79 Å². The summed E-state index contributed by atoms with van der Waals surface area (Å²) in [4.78, 5) is 27.7. The quantitative estimate of drug-likeness (QED) is 0.664. The number of piperazine rings is 1. The molecule has 7 heteroatoms. The van der Waals surface area contributed by atoms with Crippen molar-refractivity contribution in [1.29, 1.82) is 0 Å². The summed E-state index contributed by atoms with van der Waals surface area (Å²) < 4.78 is 0. The van der Waals surface area contributed by atoms with Crippen LogP contribution in [0.15, 0.2) is 24.3 Å². The van der Waals surface area contributed by atoms with Gasteiger partial charge in [0, 0.05) is 38.3 Å². The van der Waals surface area contributed by atoms with E-state index >= 15 is 0 Å². The van der Waals surface area contributed by atoms with Crippen LogP contribution in [0.3, 0.4) is 0 Å². The molecule has 3 fully saturated rings. The van der Waals surface area contributed by atoms with Gasteiger partial charge in [0.15, 0.2) is 0 Å². The summed E-state index contributed by atoms with van der Waals surface area (Å²) in [5.41, 5.74) is 7.07. The lowest BCUT2D eigenvalue weighted by Crippen LogP contribution is -2.54. The zero-order valence-electron chi connectivity index (χ0n) is 14.2. The Morgan fingerprint density at radius 1 is 1.12 bits per heavy atom. The highest BCUT2D eigenvalue weighted by Gasteiger charge is 2.50. The molecule has 25 heavy (non-hydrogen) atoms. The first kappa shape index (κ1) is 16.3. The van der Waals surface area contributed by atoms with E-state index in [0.717, 1.165) is 12.8 Å². The van der Waals surface area contributed by atoms with Crippen LogP contribution in [0, 0.1) is 27.9 Å². The third kappa shape index (κ3) is 2.76. The monoisotopic (exact) mass is 344 g/mol. The summed E-state index contributed by atoms with van der Waals surface area (Å²) in [6.45, 7) is 2.44. The molecule has 1 heterocycles. The number of fused-ring (bicyclic) bond motifs is 2. The fourth-order valence-corrected chi connectivity index (χ4v) is 4.97. The second kappa shape index (κ2) is 6.29. The van der Waals surface area contributed by atoms with Crippen molar-refractivity contribution in [2.45, 2.75) is 25.3 Å². The van der Waals surface area contributed by atoms with E-state index in [-0.39, 0.29) is 28.5 Å². The van der Waals surface area contributed by atoms with Crippen molar-refractivity contribution in [1.82, 2.24) is 4.90 Å². The number of nitro benzene ring substituents is 1. The first-order valence-electron chi connectivity index (χ1n) is 9.09. The molecule has 4 atom stereocenters. The van der Waals surface area contributed by atoms with E-state index < -0.39 is 0 Å². The molecular formula is C18H24N4O3. The van der Waals surface area contributed by atoms with Crippen LogP contribution in [0.5, 0.6) is 0 Å². The lowest BCUT2D eigenvalue weighted by molar-refractivity contribution is -0.384. The lowest BCUT2D eigenvalue weighted by atomic mass is 9.84. The molecule has 1 aliphatic heterocycles. The Morgan fingerprint density at radius 2 is 1.80 bits per heavy atom. The summed E-state index contributed by atoms with van der Waals surface area (Å²) >= 11 is 0. The van der Waals surface area contributed by atoms with E-state index in [1.54, 1.807) is 12.1 Å². The molecule has 7 nitrogen and oxygen atoms in total. The molecule has 4 rings (SSSR count). The molecular weight excluding hydrogens is 320 g/mol. The molecule has 2 bridgehead atoms. The Balaban J connectivity index is 1.42. The number of nitro groups is 1. The molecule has 0 radical (unpaired) electrons. The van der Waals surface area contributed by atoms with Crippen molar-refractivity contribution >= 4 is 17.3 Å². The molecule has 4 unspecified atom stereocenters. The van der Waals surface area contributed by atoms with E-state index in [1.165, 1.54) is 12.5 Å². The second-order valence-electron chi connectivity index (χ2n) is 7.49. The average Bonchev–Trinajstić information content (AvgIpc) is 3.22. The molecule has 0 spiro atoms. The van der Waals surface area contributed by atoms with Gasteiger partial charge in [-0.1, -0.05) is 12.1 Å².